The van der Waals surface area contributed by atoms with Gasteiger partial charge in [0.15, 0.2) is 5.69 Å². The molecule has 0 fully saturated rings. The van der Waals surface area contributed by atoms with Crippen LogP contribution in [0.1, 0.15) is 16.2 Å². The lowest BCUT2D eigenvalue weighted by Gasteiger charge is -2.14. The number of para-hydroxylation sites is 1. The van der Waals surface area contributed by atoms with Gasteiger partial charge in [-0.3, -0.25) is 9.36 Å². The van der Waals surface area contributed by atoms with Crippen LogP contribution in [-0.4, -0.2) is 35.2 Å². The Bertz CT molecular complexity index is 1160. The van der Waals surface area contributed by atoms with Gasteiger partial charge in [0, 0.05) is 17.8 Å². The van der Waals surface area contributed by atoms with Crippen molar-refractivity contribution in [1.29, 1.82) is 0 Å². The minimum absolute atomic E-state index is 0.0231. The number of rotatable bonds is 2. The van der Waals surface area contributed by atoms with E-state index in [2.05, 4.69) is 10.3 Å². The average Bonchev–Trinajstić information content (AvgIpc) is 3.02. The highest BCUT2D eigenvalue weighted by atomic mass is 35.5. The molecule has 0 aliphatic carbocycles. The van der Waals surface area contributed by atoms with E-state index in [4.69, 9.17) is 11.6 Å². The van der Waals surface area contributed by atoms with E-state index < -0.39 is 15.9 Å². The molecule has 1 aliphatic heterocycles. The van der Waals surface area contributed by atoms with E-state index in [-0.39, 0.29) is 17.1 Å². The number of benzene rings is 2. The van der Waals surface area contributed by atoms with Gasteiger partial charge in [0.25, 0.3) is 5.91 Å². The summed E-state index contributed by atoms with van der Waals surface area (Å²) >= 11 is 5.95. The number of hydrogen-bond donors (Lipinski definition) is 1. The molecule has 9 heteroatoms. The number of halogens is 1. The van der Waals surface area contributed by atoms with Crippen LogP contribution in [-0.2, 0) is 16.6 Å². The van der Waals surface area contributed by atoms with E-state index in [0.29, 0.717) is 22.1 Å². The molecule has 0 spiro atoms. The lowest BCUT2D eigenvalue weighted by atomic mass is 10.2. The molecule has 1 N–H and O–H groups in total. The molecule has 0 saturated heterocycles. The first-order valence-corrected chi connectivity index (χ1v) is 9.88. The molecule has 138 valence electrons. The third-order valence-corrected chi connectivity index (χ3v) is 6.44. The first-order chi connectivity index (χ1) is 12.9. The van der Waals surface area contributed by atoms with E-state index in [1.807, 2.05) is 0 Å². The van der Waals surface area contributed by atoms with E-state index in [0.717, 1.165) is 0 Å². The van der Waals surface area contributed by atoms with Crippen LogP contribution in [0.2, 0.25) is 5.02 Å². The van der Waals surface area contributed by atoms with Gasteiger partial charge in [-0.2, -0.15) is 4.31 Å². The molecule has 2 heterocycles. The fourth-order valence-corrected chi connectivity index (χ4v) is 4.52. The predicted molar refractivity (Wildman–Crippen MR) is 102 cm³/mol. The Morgan fingerprint density at radius 1 is 1.19 bits per heavy atom. The topological polar surface area (TPSA) is 84.3 Å². The van der Waals surface area contributed by atoms with Crippen LogP contribution >= 0.6 is 11.6 Å². The molecule has 0 atom stereocenters. The van der Waals surface area contributed by atoms with Gasteiger partial charge >= 0.3 is 0 Å². The zero-order valence-electron chi connectivity index (χ0n) is 14.3. The molecule has 0 bridgehead atoms. The molecular weight excluding hydrogens is 388 g/mol. The number of nitrogens with zero attached hydrogens (tertiary/aromatic N) is 3. The Kier molecular flexibility index (Phi) is 4.26. The van der Waals surface area contributed by atoms with Gasteiger partial charge in [-0.25, -0.2) is 13.4 Å². The Balaban J connectivity index is 1.79. The predicted octanol–water partition coefficient (Wildman–Crippen LogP) is 2.91. The lowest BCUT2D eigenvalue weighted by molar-refractivity contribution is 0.102. The summed E-state index contributed by atoms with van der Waals surface area (Å²) in [6.07, 6.45) is 1.47. The van der Waals surface area contributed by atoms with Crippen molar-refractivity contribution in [3.63, 3.8) is 0 Å². The van der Waals surface area contributed by atoms with Crippen LogP contribution in [0.3, 0.4) is 0 Å². The number of anilines is 1. The van der Waals surface area contributed by atoms with Gasteiger partial charge in [0.1, 0.15) is 11.2 Å². The minimum Gasteiger partial charge on any atom is -0.321 e. The first kappa shape index (κ1) is 17.7. The minimum atomic E-state index is -3.67. The third-order valence-electron chi connectivity index (χ3n) is 4.35. The molecule has 1 amide bonds. The smallest absolute Gasteiger partial charge is 0.276 e. The second-order valence-electron chi connectivity index (χ2n) is 6.10. The van der Waals surface area contributed by atoms with Crippen LogP contribution in [0.4, 0.5) is 5.69 Å². The number of fused-ring (bicyclic) bond motifs is 3. The van der Waals surface area contributed by atoms with Gasteiger partial charge in [-0.15, -0.1) is 0 Å². The van der Waals surface area contributed by atoms with Gasteiger partial charge in [0.05, 0.1) is 17.9 Å². The third kappa shape index (κ3) is 3.01. The SMILES string of the molecule is CN1Cc2c(C(=O)Nc3cccc(Cl)c3)ncn2-c2ccccc2S1(=O)=O. The highest BCUT2D eigenvalue weighted by Gasteiger charge is 2.32. The van der Waals surface area contributed by atoms with E-state index in [9.17, 15) is 13.2 Å². The Hall–Kier alpha value is -2.68. The molecule has 1 aromatic heterocycles. The number of carbonyl (C=O) groups is 1. The molecule has 0 radical (unpaired) electrons. The number of nitrogens with one attached hydrogen (secondary N) is 1. The maximum absolute atomic E-state index is 12.8. The highest BCUT2D eigenvalue weighted by molar-refractivity contribution is 7.89. The molecular formula is C18H15ClN4O3S. The summed E-state index contributed by atoms with van der Waals surface area (Å²) in [5.41, 5.74) is 1.65. The second-order valence-corrected chi connectivity index (χ2v) is 8.55. The van der Waals surface area contributed by atoms with E-state index in [1.54, 1.807) is 53.1 Å². The molecule has 0 unspecified atom stereocenters. The maximum Gasteiger partial charge on any atom is 0.276 e. The van der Waals surface area contributed by atoms with Crippen molar-refractivity contribution < 1.29 is 13.2 Å². The molecule has 4 rings (SSSR count). The Morgan fingerprint density at radius 2 is 1.96 bits per heavy atom. The summed E-state index contributed by atoms with van der Waals surface area (Å²) in [5, 5.41) is 3.24. The number of aromatic nitrogens is 2. The quantitative estimate of drug-likeness (QED) is 0.714. The number of amides is 1. The summed E-state index contributed by atoms with van der Waals surface area (Å²) in [6.45, 7) is 0.0231. The standard InChI is InChI=1S/C18H15ClN4O3S/c1-22-10-15-17(18(24)21-13-6-4-5-12(19)9-13)20-11-23(15)14-7-2-3-8-16(14)27(22,25)26/h2-9,11H,10H2,1H3,(H,21,24). The molecule has 27 heavy (non-hydrogen) atoms. The molecule has 7 nitrogen and oxygen atoms in total. The normalized spacial score (nSPS) is 15.5. The van der Waals surface area contributed by atoms with Gasteiger partial charge in [0.2, 0.25) is 10.0 Å². The monoisotopic (exact) mass is 402 g/mol. The number of carbonyl (C=O) groups excluding carboxylic acids is 1. The number of sulfonamides is 1. The van der Waals surface area contributed by atoms with Crippen LogP contribution in [0.5, 0.6) is 0 Å². The summed E-state index contributed by atoms with van der Waals surface area (Å²) < 4.78 is 28.4. The van der Waals surface area contributed by atoms with Crippen LogP contribution < -0.4 is 5.32 Å². The Labute approximate surface area is 161 Å². The summed E-state index contributed by atoms with van der Waals surface area (Å²) in [6, 6.07) is 13.4. The van der Waals surface area contributed by atoms with Crippen LogP contribution in [0.25, 0.3) is 5.69 Å². The summed E-state index contributed by atoms with van der Waals surface area (Å²) in [4.78, 5) is 17.2. The summed E-state index contributed by atoms with van der Waals surface area (Å²) in [7, 11) is -2.19. The zero-order chi connectivity index (χ0) is 19.2. The van der Waals surface area contributed by atoms with Gasteiger partial charge < -0.3 is 5.32 Å². The second kappa shape index (κ2) is 6.49. The molecule has 1 aliphatic rings. The average molecular weight is 403 g/mol. The fraction of sp³-hybridized carbons (Fsp3) is 0.111. The van der Waals surface area contributed by atoms with Crippen molar-refractivity contribution in [2.24, 2.45) is 0 Å². The lowest BCUT2D eigenvalue weighted by Crippen LogP contribution is -2.26. The van der Waals surface area contributed by atoms with Crippen molar-refractivity contribution in [1.82, 2.24) is 13.9 Å². The molecule has 0 saturated carbocycles. The van der Waals surface area contributed by atoms with Crippen molar-refractivity contribution in [3.8, 4) is 5.69 Å². The molecule has 3 aromatic rings. The highest BCUT2D eigenvalue weighted by Crippen LogP contribution is 2.30. The van der Waals surface area contributed by atoms with Crippen molar-refractivity contribution in [2.75, 3.05) is 12.4 Å². The van der Waals surface area contributed by atoms with E-state index >= 15 is 0 Å². The first-order valence-electron chi connectivity index (χ1n) is 8.07. The van der Waals surface area contributed by atoms with Crippen LogP contribution in [0.15, 0.2) is 59.8 Å². The molecule has 2 aromatic carbocycles. The fourth-order valence-electron chi connectivity index (χ4n) is 3.02. The zero-order valence-corrected chi connectivity index (χ0v) is 15.8. The van der Waals surface area contributed by atoms with E-state index in [1.165, 1.54) is 17.7 Å². The van der Waals surface area contributed by atoms with Crippen molar-refractivity contribution in [2.45, 2.75) is 11.4 Å². The van der Waals surface area contributed by atoms with Crippen LogP contribution in [0, 0.1) is 0 Å². The largest absolute Gasteiger partial charge is 0.321 e. The number of hydrogen-bond acceptors (Lipinski definition) is 4. The van der Waals surface area contributed by atoms with Crippen molar-refractivity contribution >= 4 is 33.2 Å². The summed E-state index contributed by atoms with van der Waals surface area (Å²) in [5.74, 6) is -0.434. The Morgan fingerprint density at radius 3 is 2.74 bits per heavy atom. The van der Waals surface area contributed by atoms with Gasteiger partial charge in [-0.05, 0) is 30.3 Å². The van der Waals surface area contributed by atoms with Crippen molar-refractivity contribution in [3.05, 3.63) is 71.3 Å². The van der Waals surface area contributed by atoms with Gasteiger partial charge in [-0.1, -0.05) is 29.8 Å². The number of imidazole rings is 1. The maximum atomic E-state index is 12.8.